The van der Waals surface area contributed by atoms with Crippen LogP contribution in [-0.4, -0.2) is 55.1 Å². The fourth-order valence-corrected chi connectivity index (χ4v) is 5.07. The molecule has 1 aromatic carbocycles. The van der Waals surface area contributed by atoms with E-state index in [1.807, 2.05) is 0 Å². The Morgan fingerprint density at radius 2 is 1.77 bits per heavy atom. The lowest BCUT2D eigenvalue weighted by Crippen LogP contribution is -2.38. The zero-order valence-corrected chi connectivity index (χ0v) is 23.7. The molecule has 17 heteroatoms. The average Bonchev–Trinajstić information content (AvgIpc) is 3.56. The number of amides is 2. The highest BCUT2D eigenvalue weighted by Gasteiger charge is 2.40. The zero-order valence-electron chi connectivity index (χ0n) is 23.7. The number of hydrogen-bond donors (Lipinski definition) is 3. The fraction of sp³-hybridized carbons (Fsp3) is 0.593. The number of alkyl halides is 8. The number of carbonyl (C=O) groups is 2. The van der Waals surface area contributed by atoms with Crippen molar-refractivity contribution >= 4 is 22.8 Å². The normalized spacial score (nSPS) is 18.1. The minimum Gasteiger partial charge on any atom is -0.350 e. The molecule has 3 atom stereocenters. The van der Waals surface area contributed by atoms with Gasteiger partial charge in [0.1, 0.15) is 11.5 Å². The highest BCUT2D eigenvalue weighted by Crippen LogP contribution is 2.41. The Bertz CT molecular complexity index is 1460. The molecule has 3 N–H and O–H groups in total. The monoisotopic (exact) mass is 637 g/mol. The summed E-state index contributed by atoms with van der Waals surface area (Å²) < 4.78 is 106. The van der Waals surface area contributed by atoms with E-state index in [9.17, 15) is 44.7 Å². The van der Waals surface area contributed by atoms with Gasteiger partial charge in [-0.25, -0.2) is 18.4 Å². The highest BCUT2D eigenvalue weighted by molar-refractivity contribution is 5.92. The van der Waals surface area contributed by atoms with Crippen LogP contribution in [0.4, 0.5) is 35.1 Å². The second kappa shape index (κ2) is 12.7. The Kier molecular flexibility index (Phi) is 9.54. The zero-order chi connectivity index (χ0) is 32.4. The van der Waals surface area contributed by atoms with Crippen LogP contribution in [0.15, 0.2) is 24.4 Å². The van der Waals surface area contributed by atoms with Crippen LogP contribution in [0.3, 0.4) is 0 Å². The molecule has 2 amide bonds. The fourth-order valence-electron chi connectivity index (χ4n) is 5.07. The first-order valence-corrected chi connectivity index (χ1v) is 13.9. The Morgan fingerprint density at radius 1 is 1.09 bits per heavy atom. The third-order valence-electron chi connectivity index (χ3n) is 7.71. The number of nitrogens with one attached hydrogen (secondary N) is 3. The minimum atomic E-state index is -4.54. The lowest BCUT2D eigenvalue weighted by Gasteiger charge is -2.33. The van der Waals surface area contributed by atoms with Crippen molar-refractivity contribution in [1.29, 1.82) is 0 Å². The number of benzene rings is 1. The van der Waals surface area contributed by atoms with Crippen LogP contribution in [-0.2, 0) is 11.3 Å². The van der Waals surface area contributed by atoms with Crippen LogP contribution >= 0.6 is 0 Å². The number of hydrogen-bond acceptors (Lipinski definition) is 5. The highest BCUT2D eigenvalue weighted by atomic mass is 19.4. The Morgan fingerprint density at radius 3 is 2.41 bits per heavy atom. The number of imidazole rings is 1. The van der Waals surface area contributed by atoms with Crippen molar-refractivity contribution in [3.63, 3.8) is 0 Å². The number of rotatable bonds is 10. The molecule has 1 saturated carbocycles. The maximum absolute atomic E-state index is 14.0. The quantitative estimate of drug-likeness (QED) is 0.230. The van der Waals surface area contributed by atoms with Gasteiger partial charge in [0.15, 0.2) is 0 Å². The van der Waals surface area contributed by atoms with Crippen molar-refractivity contribution in [3.05, 3.63) is 41.5 Å². The van der Waals surface area contributed by atoms with Crippen molar-refractivity contribution in [2.45, 2.75) is 89.3 Å². The molecule has 1 aliphatic carbocycles. The molecule has 2 aromatic heterocycles. The molecular formula is C27H31F8N7O2. The molecule has 0 saturated heterocycles. The summed E-state index contributed by atoms with van der Waals surface area (Å²) in [6, 6.07) is 3.23. The van der Waals surface area contributed by atoms with Crippen LogP contribution < -0.4 is 10.6 Å². The van der Waals surface area contributed by atoms with Crippen molar-refractivity contribution in [3.8, 4) is 0 Å². The van der Waals surface area contributed by atoms with Gasteiger partial charge in [-0.1, -0.05) is 18.2 Å². The molecule has 44 heavy (non-hydrogen) atoms. The molecule has 2 heterocycles. The predicted molar refractivity (Wildman–Crippen MR) is 140 cm³/mol. The van der Waals surface area contributed by atoms with E-state index in [1.165, 1.54) is 0 Å². The maximum Gasteiger partial charge on any atom is 0.393 e. The predicted octanol–water partition coefficient (Wildman–Crippen LogP) is 6.17. The van der Waals surface area contributed by atoms with E-state index < -0.39 is 86.2 Å². The number of carbonyl (C=O) groups excluding carboxylic acids is 2. The Balaban J connectivity index is 1.57. The van der Waals surface area contributed by atoms with Gasteiger partial charge in [0, 0.05) is 19.3 Å². The minimum absolute atomic E-state index is 0.0316. The van der Waals surface area contributed by atoms with E-state index in [4.69, 9.17) is 0 Å². The first-order valence-electron chi connectivity index (χ1n) is 13.9. The van der Waals surface area contributed by atoms with E-state index in [0.29, 0.717) is 16.6 Å². The van der Waals surface area contributed by atoms with E-state index >= 15 is 0 Å². The molecule has 9 nitrogen and oxygen atoms in total. The third-order valence-corrected chi connectivity index (χ3v) is 7.71. The average molecular weight is 638 g/mol. The van der Waals surface area contributed by atoms with Gasteiger partial charge in [-0.2, -0.15) is 26.3 Å². The molecule has 0 spiro atoms. The van der Waals surface area contributed by atoms with Gasteiger partial charge in [-0.15, -0.1) is 5.10 Å². The first-order chi connectivity index (χ1) is 20.4. The number of nitrogens with zero attached hydrogens (tertiary/aromatic N) is 4. The number of aromatic amines is 1. The van der Waals surface area contributed by atoms with Gasteiger partial charge >= 0.3 is 12.4 Å². The van der Waals surface area contributed by atoms with Crippen LogP contribution in [0.2, 0.25) is 0 Å². The topological polar surface area (TPSA) is 118 Å². The summed E-state index contributed by atoms with van der Waals surface area (Å²) in [5, 5.41) is 12.4. The molecule has 1 fully saturated rings. The van der Waals surface area contributed by atoms with Crippen LogP contribution in [0.25, 0.3) is 11.0 Å². The van der Waals surface area contributed by atoms with Gasteiger partial charge in [-0.3, -0.25) is 9.59 Å². The lowest BCUT2D eigenvalue weighted by atomic mass is 9.81. The molecule has 0 radical (unpaired) electrons. The van der Waals surface area contributed by atoms with Gasteiger partial charge in [0.25, 0.3) is 5.91 Å². The van der Waals surface area contributed by atoms with E-state index in [-0.39, 0.29) is 24.4 Å². The molecule has 242 valence electrons. The molecule has 0 bridgehead atoms. The van der Waals surface area contributed by atoms with Crippen LogP contribution in [0.5, 0.6) is 0 Å². The van der Waals surface area contributed by atoms with Gasteiger partial charge in [-0.05, 0) is 43.4 Å². The summed E-state index contributed by atoms with van der Waals surface area (Å²) in [7, 11) is 0. The lowest BCUT2D eigenvalue weighted by molar-refractivity contribution is -0.173. The SMILES string of the molecule is C[C@H](Cn1nncc1C(=O)N[C@H](c1nc2ccc([C@@H](C)NC(=O)CCC(F)(F)F)cc2[nH]1)C1CCC(F)(F)CC1)C(F)(F)F. The van der Waals surface area contributed by atoms with Crippen molar-refractivity contribution in [2.75, 3.05) is 0 Å². The van der Waals surface area contributed by atoms with Crippen LogP contribution in [0.1, 0.15) is 86.3 Å². The summed E-state index contributed by atoms with van der Waals surface area (Å²) in [4.78, 5) is 32.9. The van der Waals surface area contributed by atoms with Crippen LogP contribution in [0, 0.1) is 11.8 Å². The Hall–Kier alpha value is -3.79. The number of halogens is 8. The molecule has 1 aliphatic rings. The molecule has 0 aliphatic heterocycles. The Labute approximate surface area is 246 Å². The summed E-state index contributed by atoms with van der Waals surface area (Å²) in [6.45, 7) is 1.86. The summed E-state index contributed by atoms with van der Waals surface area (Å²) in [5.41, 5.74) is 1.16. The van der Waals surface area contributed by atoms with Gasteiger partial charge in [0.2, 0.25) is 11.8 Å². The smallest absolute Gasteiger partial charge is 0.350 e. The largest absolute Gasteiger partial charge is 0.393 e. The summed E-state index contributed by atoms with van der Waals surface area (Å²) in [6.07, 6.45) is -10.8. The number of H-pyrrole nitrogens is 1. The third kappa shape index (κ3) is 8.43. The number of aromatic nitrogens is 5. The first kappa shape index (κ1) is 33.1. The second-order valence-corrected chi connectivity index (χ2v) is 11.2. The van der Waals surface area contributed by atoms with E-state index in [0.717, 1.165) is 17.8 Å². The van der Waals surface area contributed by atoms with Crippen molar-refractivity contribution < 1.29 is 44.7 Å². The van der Waals surface area contributed by atoms with E-state index in [2.05, 4.69) is 30.9 Å². The summed E-state index contributed by atoms with van der Waals surface area (Å²) in [5.74, 6) is -6.58. The summed E-state index contributed by atoms with van der Waals surface area (Å²) >= 11 is 0. The second-order valence-electron chi connectivity index (χ2n) is 11.2. The molecule has 0 unspecified atom stereocenters. The number of fused-ring (bicyclic) bond motifs is 1. The van der Waals surface area contributed by atoms with Gasteiger partial charge < -0.3 is 15.6 Å². The maximum atomic E-state index is 14.0. The van der Waals surface area contributed by atoms with Gasteiger partial charge in [0.05, 0.1) is 48.2 Å². The molecule has 3 aromatic rings. The standard InChI is InChI=1S/C27H31F8N7O2/c1-14(27(33,34)35)13-42-20(12-36-41-42)24(44)40-22(16-5-8-25(28,29)9-6-16)23-38-18-4-3-17(11-19(18)39-23)15(2)37-21(43)7-10-26(30,31)32/h3-4,11-12,14-16,22H,5-10,13H2,1-2H3,(H,37,43)(H,38,39)(H,40,44)/t14-,15-,22+/m1/s1. The van der Waals surface area contributed by atoms with E-state index in [1.54, 1.807) is 25.1 Å². The molecular weight excluding hydrogens is 606 g/mol. The molecule has 4 rings (SSSR count). The van der Waals surface area contributed by atoms with Crippen molar-refractivity contribution in [1.82, 2.24) is 35.6 Å². The van der Waals surface area contributed by atoms with Crippen molar-refractivity contribution in [2.24, 2.45) is 11.8 Å².